The molecule has 0 amide bonds. The first-order valence-electron chi connectivity index (χ1n) is 2.60. The zero-order chi connectivity index (χ0) is 8.81. The average Bonchev–Trinajstić information content (AvgIpc) is 2.06. The molecule has 0 heterocycles. The lowest BCUT2D eigenvalue weighted by atomic mass is 10.2. The molecule has 2 unspecified atom stereocenters. The molecular weight excluding hydrogens is 207 g/mol. The quantitative estimate of drug-likeness (QED) is 0.538. The van der Waals surface area contributed by atoms with Gasteiger partial charge in [-0.25, -0.2) is 8.78 Å². The first-order valence-corrected chi connectivity index (χ1v) is 3.36. The first kappa shape index (κ1) is 9.13. The molecule has 0 aromatic rings. The Kier molecular flexibility index (Phi) is 2.09. The molecule has 0 aromatic carbocycles. The van der Waals surface area contributed by atoms with Crippen molar-refractivity contribution in [1.82, 2.24) is 0 Å². The molecule has 0 saturated heterocycles. The smallest absolute Gasteiger partial charge is 0.238 e. The highest BCUT2D eigenvalue weighted by molar-refractivity contribution is 6.40. The van der Waals surface area contributed by atoms with E-state index in [1.807, 2.05) is 0 Å². The topological polar surface area (TPSA) is 0 Å². The van der Waals surface area contributed by atoms with E-state index in [4.69, 9.17) is 23.2 Å². The van der Waals surface area contributed by atoms with Gasteiger partial charge in [-0.05, 0) is 0 Å². The third-order valence-corrected chi connectivity index (χ3v) is 2.30. The zero-order valence-corrected chi connectivity index (χ0v) is 6.43. The van der Waals surface area contributed by atoms with Crippen molar-refractivity contribution >= 4 is 23.2 Å². The lowest BCUT2D eigenvalue weighted by Crippen LogP contribution is -2.30. The highest BCUT2D eigenvalue weighted by Gasteiger charge is 2.57. The van der Waals surface area contributed by atoms with Gasteiger partial charge in [-0.1, -0.05) is 23.2 Å². The lowest BCUT2D eigenvalue weighted by molar-refractivity contribution is -0.0405. The molecule has 11 heavy (non-hydrogen) atoms. The van der Waals surface area contributed by atoms with Crippen molar-refractivity contribution in [3.63, 3.8) is 0 Å². The van der Waals surface area contributed by atoms with Crippen molar-refractivity contribution < 1.29 is 17.6 Å². The van der Waals surface area contributed by atoms with E-state index in [-0.39, 0.29) is 0 Å². The third kappa shape index (κ3) is 1.12. The van der Waals surface area contributed by atoms with E-state index in [1.54, 1.807) is 0 Å². The van der Waals surface area contributed by atoms with E-state index in [2.05, 4.69) is 0 Å². The second kappa shape index (κ2) is 2.52. The number of hydrogen-bond acceptors (Lipinski definition) is 0. The van der Waals surface area contributed by atoms with Crippen LogP contribution in [0, 0.1) is 0 Å². The van der Waals surface area contributed by atoms with Crippen LogP contribution in [-0.2, 0) is 0 Å². The van der Waals surface area contributed by atoms with Gasteiger partial charge in [0.25, 0.3) is 0 Å². The molecule has 0 spiro atoms. The van der Waals surface area contributed by atoms with Crippen LogP contribution < -0.4 is 0 Å². The Morgan fingerprint density at radius 2 is 1.64 bits per heavy atom. The molecule has 2 atom stereocenters. The fraction of sp³-hybridized carbons (Fsp3) is 0.600. The highest BCUT2D eigenvalue weighted by Crippen LogP contribution is 2.47. The van der Waals surface area contributed by atoms with Gasteiger partial charge < -0.3 is 0 Å². The summed E-state index contributed by atoms with van der Waals surface area (Å²) in [6, 6.07) is 0. The van der Waals surface area contributed by atoms with Crippen LogP contribution in [0.1, 0.15) is 0 Å². The molecule has 0 fully saturated rings. The van der Waals surface area contributed by atoms with Gasteiger partial charge in [0.05, 0.1) is 5.03 Å². The maximum absolute atomic E-state index is 12.3. The minimum absolute atomic E-state index is 0.941. The molecule has 0 N–H and O–H groups in total. The Morgan fingerprint density at radius 3 is 1.73 bits per heavy atom. The van der Waals surface area contributed by atoms with E-state index in [9.17, 15) is 17.6 Å². The average molecular weight is 209 g/mol. The van der Waals surface area contributed by atoms with Crippen molar-refractivity contribution in [2.45, 2.75) is 18.3 Å². The minimum atomic E-state index is -3.97. The van der Waals surface area contributed by atoms with Crippen molar-refractivity contribution in [2.24, 2.45) is 0 Å². The molecule has 64 valence electrons. The number of hydrogen-bond donors (Lipinski definition) is 0. The molecular formula is C5H2Cl2F4. The minimum Gasteiger partial charge on any atom is -0.238 e. The largest absolute Gasteiger partial charge is 0.318 e. The summed E-state index contributed by atoms with van der Waals surface area (Å²) < 4.78 is 49.3. The highest BCUT2D eigenvalue weighted by atomic mass is 35.5. The van der Waals surface area contributed by atoms with Crippen molar-refractivity contribution in [2.75, 3.05) is 0 Å². The predicted molar refractivity (Wildman–Crippen MR) is 33.5 cm³/mol. The van der Waals surface area contributed by atoms with E-state index < -0.39 is 28.3 Å². The summed E-state index contributed by atoms with van der Waals surface area (Å²) in [5, 5.41) is -2.18. The maximum Gasteiger partial charge on any atom is 0.318 e. The van der Waals surface area contributed by atoms with Crippen LogP contribution >= 0.6 is 23.2 Å². The Morgan fingerprint density at radius 1 is 1.18 bits per heavy atom. The summed E-state index contributed by atoms with van der Waals surface area (Å²) in [6.45, 7) is 0. The summed E-state index contributed by atoms with van der Waals surface area (Å²) in [7, 11) is 0. The van der Waals surface area contributed by atoms with Gasteiger partial charge in [0.2, 0.25) is 6.17 Å². The molecule has 0 radical (unpaired) electrons. The molecule has 1 aliphatic rings. The monoisotopic (exact) mass is 208 g/mol. The number of halogens is 6. The Hall–Kier alpha value is 0.0400. The second-order valence-corrected chi connectivity index (χ2v) is 2.87. The van der Waals surface area contributed by atoms with Gasteiger partial charge in [-0.2, -0.15) is 8.78 Å². The normalized spacial score (nSPS) is 36.5. The SMILES string of the molecule is FC1C(Cl)=C(Cl)C(F)(F)C1F. The maximum atomic E-state index is 12.3. The van der Waals surface area contributed by atoms with E-state index in [0.717, 1.165) is 0 Å². The van der Waals surface area contributed by atoms with Crippen LogP contribution in [0.25, 0.3) is 0 Å². The molecule has 6 heteroatoms. The van der Waals surface area contributed by atoms with Gasteiger partial charge in [0.15, 0.2) is 6.17 Å². The Bertz CT molecular complexity index is 213. The fourth-order valence-corrected chi connectivity index (χ4v) is 1.16. The molecule has 1 rings (SSSR count). The van der Waals surface area contributed by atoms with Gasteiger partial charge >= 0.3 is 5.92 Å². The van der Waals surface area contributed by atoms with Crippen LogP contribution in [-0.4, -0.2) is 18.3 Å². The number of alkyl halides is 4. The number of allylic oxidation sites excluding steroid dienone is 2. The van der Waals surface area contributed by atoms with Crippen molar-refractivity contribution in [3.05, 3.63) is 10.1 Å². The summed E-state index contributed by atoms with van der Waals surface area (Å²) in [5.74, 6) is -3.97. The van der Waals surface area contributed by atoms with Crippen LogP contribution in [0.4, 0.5) is 17.6 Å². The first-order chi connectivity index (χ1) is 4.89. The summed E-state index contributed by atoms with van der Waals surface area (Å²) in [4.78, 5) is 0. The lowest BCUT2D eigenvalue weighted by Gasteiger charge is -2.12. The third-order valence-electron chi connectivity index (χ3n) is 1.35. The molecule has 0 saturated carbocycles. The van der Waals surface area contributed by atoms with Gasteiger partial charge in [0, 0.05) is 0 Å². The number of rotatable bonds is 0. The Balaban J connectivity index is 3.06. The van der Waals surface area contributed by atoms with Crippen LogP contribution in [0.5, 0.6) is 0 Å². The summed E-state index contributed by atoms with van der Waals surface area (Å²) >= 11 is 9.81. The zero-order valence-electron chi connectivity index (χ0n) is 4.92. The van der Waals surface area contributed by atoms with Crippen LogP contribution in [0.3, 0.4) is 0 Å². The second-order valence-electron chi connectivity index (χ2n) is 2.09. The molecule has 0 aromatic heterocycles. The Labute approximate surface area is 69.8 Å². The van der Waals surface area contributed by atoms with E-state index in [0.29, 0.717) is 0 Å². The van der Waals surface area contributed by atoms with Gasteiger partial charge in [-0.15, -0.1) is 0 Å². The van der Waals surface area contributed by atoms with E-state index >= 15 is 0 Å². The predicted octanol–water partition coefficient (Wildman–Crippen LogP) is 3.00. The fourth-order valence-electron chi connectivity index (χ4n) is 0.714. The summed E-state index contributed by atoms with van der Waals surface area (Å²) in [6.07, 6.45) is -5.46. The molecule has 0 bridgehead atoms. The molecule has 0 nitrogen and oxygen atoms in total. The van der Waals surface area contributed by atoms with E-state index in [1.165, 1.54) is 0 Å². The molecule has 1 aliphatic carbocycles. The van der Waals surface area contributed by atoms with Crippen LogP contribution in [0.2, 0.25) is 0 Å². The van der Waals surface area contributed by atoms with Crippen LogP contribution in [0.15, 0.2) is 10.1 Å². The van der Waals surface area contributed by atoms with Crippen molar-refractivity contribution in [3.8, 4) is 0 Å². The summed E-state index contributed by atoms with van der Waals surface area (Å²) in [5.41, 5.74) is 0. The standard InChI is InChI=1S/C5H2Cl2F4/c6-1-2(8)4(9)5(10,11)3(1)7/h2,4H. The molecule has 0 aliphatic heterocycles. The van der Waals surface area contributed by atoms with Gasteiger partial charge in [0.1, 0.15) is 5.03 Å². The van der Waals surface area contributed by atoms with Crippen molar-refractivity contribution in [1.29, 1.82) is 0 Å². The van der Waals surface area contributed by atoms with Gasteiger partial charge in [-0.3, -0.25) is 0 Å².